The van der Waals surface area contributed by atoms with Crippen LogP contribution in [0.15, 0.2) is 54.6 Å². The van der Waals surface area contributed by atoms with Crippen molar-refractivity contribution in [2.45, 2.75) is 18.6 Å². The Morgan fingerprint density at radius 1 is 1.20 bits per heavy atom. The molecule has 0 aromatic heterocycles. The smallest absolute Gasteiger partial charge is 0.326 e. The summed E-state index contributed by atoms with van der Waals surface area (Å²) in [6.07, 6.45) is -0.824. The van der Waals surface area contributed by atoms with E-state index in [1.165, 1.54) is 7.11 Å². The summed E-state index contributed by atoms with van der Waals surface area (Å²) in [4.78, 5) is 24.0. The first-order valence-electron chi connectivity index (χ1n) is 7.65. The number of hydrogen-bond donors (Lipinski definition) is 2. The van der Waals surface area contributed by atoms with Gasteiger partial charge < -0.3 is 15.2 Å². The number of carboxylic acid groups (broad SMARTS) is 1. The number of rotatable bonds is 7. The van der Waals surface area contributed by atoms with Crippen LogP contribution in [0.2, 0.25) is 0 Å². The standard InChI is InChI=1S/C19H18N2O4/c1-25-17(15-8-3-2-4-9-15)18(22)21-16(19(23)24)11-13-6-5-7-14(10-13)12-20/h2-10,16-17H,11H2,1H3,(H,21,22)(H,23,24)/t16-,17+/m0/s1. The molecule has 2 N–H and O–H groups in total. The van der Waals surface area contributed by atoms with Crippen LogP contribution in [0, 0.1) is 11.3 Å². The van der Waals surface area contributed by atoms with Crippen LogP contribution in [0.4, 0.5) is 0 Å². The molecular formula is C19H18N2O4. The van der Waals surface area contributed by atoms with Crippen LogP contribution in [0.1, 0.15) is 22.8 Å². The Labute approximate surface area is 145 Å². The van der Waals surface area contributed by atoms with Gasteiger partial charge in [-0.05, 0) is 23.3 Å². The van der Waals surface area contributed by atoms with E-state index in [-0.39, 0.29) is 6.42 Å². The van der Waals surface area contributed by atoms with E-state index in [0.29, 0.717) is 16.7 Å². The highest BCUT2D eigenvalue weighted by molar-refractivity contribution is 5.87. The van der Waals surface area contributed by atoms with Crippen LogP contribution in [0.25, 0.3) is 0 Å². The van der Waals surface area contributed by atoms with Crippen molar-refractivity contribution in [1.29, 1.82) is 5.26 Å². The predicted molar refractivity (Wildman–Crippen MR) is 90.6 cm³/mol. The van der Waals surface area contributed by atoms with Crippen LogP contribution in [0.3, 0.4) is 0 Å². The molecule has 0 bridgehead atoms. The number of carbonyl (C=O) groups is 2. The second kappa shape index (κ2) is 8.62. The Bertz CT molecular complexity index is 784. The molecule has 1 amide bonds. The minimum atomic E-state index is -1.15. The maximum absolute atomic E-state index is 12.5. The number of ether oxygens (including phenoxy) is 1. The number of methoxy groups -OCH3 is 1. The zero-order valence-corrected chi connectivity index (χ0v) is 13.7. The number of nitrogens with zero attached hydrogens (tertiary/aromatic N) is 1. The molecule has 6 nitrogen and oxygen atoms in total. The van der Waals surface area contributed by atoms with E-state index in [1.54, 1.807) is 48.5 Å². The lowest BCUT2D eigenvalue weighted by Gasteiger charge is -2.20. The SMILES string of the molecule is CO[C@@H](C(=O)N[C@@H](Cc1cccc(C#N)c1)C(=O)O)c1ccccc1. The summed E-state index contributed by atoms with van der Waals surface area (Å²) >= 11 is 0. The van der Waals surface area contributed by atoms with E-state index in [0.717, 1.165) is 0 Å². The summed E-state index contributed by atoms with van der Waals surface area (Å²) in [6, 6.07) is 16.3. The highest BCUT2D eigenvalue weighted by Crippen LogP contribution is 2.17. The lowest BCUT2D eigenvalue weighted by atomic mass is 10.0. The van der Waals surface area contributed by atoms with Crippen LogP contribution >= 0.6 is 0 Å². The number of nitriles is 1. The van der Waals surface area contributed by atoms with Gasteiger partial charge in [-0.15, -0.1) is 0 Å². The number of hydrogen-bond acceptors (Lipinski definition) is 4. The second-order valence-electron chi connectivity index (χ2n) is 5.44. The Balaban J connectivity index is 2.13. The van der Waals surface area contributed by atoms with Crippen LogP contribution < -0.4 is 5.32 Å². The van der Waals surface area contributed by atoms with Gasteiger partial charge in [0.05, 0.1) is 11.6 Å². The quantitative estimate of drug-likeness (QED) is 0.805. The fourth-order valence-electron chi connectivity index (χ4n) is 2.47. The highest BCUT2D eigenvalue weighted by Gasteiger charge is 2.26. The molecule has 2 aromatic rings. The molecule has 0 aliphatic rings. The van der Waals surface area contributed by atoms with Crippen molar-refractivity contribution in [2.24, 2.45) is 0 Å². The lowest BCUT2D eigenvalue weighted by Crippen LogP contribution is -2.44. The summed E-state index contributed by atoms with van der Waals surface area (Å²) in [7, 11) is 1.39. The van der Waals surface area contributed by atoms with Gasteiger partial charge >= 0.3 is 5.97 Å². The third kappa shape index (κ3) is 4.90. The summed E-state index contributed by atoms with van der Waals surface area (Å²) in [6.45, 7) is 0. The second-order valence-corrected chi connectivity index (χ2v) is 5.44. The van der Waals surface area contributed by atoms with E-state index in [4.69, 9.17) is 10.00 Å². The van der Waals surface area contributed by atoms with Gasteiger partial charge in [0, 0.05) is 13.5 Å². The van der Waals surface area contributed by atoms with Crippen molar-refractivity contribution >= 4 is 11.9 Å². The fraction of sp³-hybridized carbons (Fsp3) is 0.211. The van der Waals surface area contributed by atoms with Crippen molar-refractivity contribution in [3.8, 4) is 6.07 Å². The van der Waals surface area contributed by atoms with Crippen LogP contribution in [-0.4, -0.2) is 30.1 Å². The molecule has 25 heavy (non-hydrogen) atoms. The summed E-state index contributed by atoms with van der Waals surface area (Å²) in [5.74, 6) is -1.68. The van der Waals surface area contributed by atoms with Gasteiger partial charge in [0.2, 0.25) is 0 Å². The van der Waals surface area contributed by atoms with Gasteiger partial charge in [-0.1, -0.05) is 42.5 Å². The number of carbonyl (C=O) groups excluding carboxylic acids is 1. The Kier molecular flexibility index (Phi) is 6.26. The van der Waals surface area contributed by atoms with Gasteiger partial charge in [-0.3, -0.25) is 4.79 Å². The number of nitrogens with one attached hydrogen (secondary N) is 1. The lowest BCUT2D eigenvalue weighted by molar-refractivity contribution is -0.144. The van der Waals surface area contributed by atoms with Gasteiger partial charge in [-0.2, -0.15) is 5.26 Å². The first-order valence-corrected chi connectivity index (χ1v) is 7.65. The molecule has 0 heterocycles. The average Bonchev–Trinajstić information content (AvgIpc) is 2.62. The molecule has 0 aliphatic carbocycles. The van der Waals surface area contributed by atoms with Crippen molar-refractivity contribution in [1.82, 2.24) is 5.32 Å². The Morgan fingerprint density at radius 2 is 1.92 bits per heavy atom. The Morgan fingerprint density at radius 3 is 2.52 bits per heavy atom. The van der Waals surface area contributed by atoms with Crippen molar-refractivity contribution < 1.29 is 19.4 Å². The predicted octanol–water partition coefficient (Wildman–Crippen LogP) is 2.06. The number of aliphatic carboxylic acids is 1. The first kappa shape index (κ1) is 18.2. The first-order chi connectivity index (χ1) is 12.0. The van der Waals surface area contributed by atoms with Crippen LogP contribution in [0.5, 0.6) is 0 Å². The Hall–Kier alpha value is -3.17. The summed E-state index contributed by atoms with van der Waals surface area (Å²) in [5.41, 5.74) is 1.73. The molecule has 6 heteroatoms. The van der Waals surface area contributed by atoms with Gasteiger partial charge in [0.1, 0.15) is 6.04 Å². The molecule has 0 aliphatic heterocycles. The number of amides is 1. The molecule has 128 valence electrons. The highest BCUT2D eigenvalue weighted by atomic mass is 16.5. The van der Waals surface area contributed by atoms with E-state index >= 15 is 0 Å². The molecule has 2 atom stereocenters. The van der Waals surface area contributed by atoms with Crippen molar-refractivity contribution in [2.75, 3.05) is 7.11 Å². The van der Waals surface area contributed by atoms with Gasteiger partial charge in [0.25, 0.3) is 5.91 Å². The minimum Gasteiger partial charge on any atom is -0.480 e. The number of carboxylic acids is 1. The minimum absolute atomic E-state index is 0.0712. The maximum atomic E-state index is 12.5. The monoisotopic (exact) mass is 338 g/mol. The molecule has 0 radical (unpaired) electrons. The fourth-order valence-corrected chi connectivity index (χ4v) is 2.47. The topological polar surface area (TPSA) is 99.4 Å². The normalized spacial score (nSPS) is 12.6. The van der Waals surface area contributed by atoms with Crippen molar-refractivity contribution in [3.63, 3.8) is 0 Å². The molecule has 0 saturated carbocycles. The third-order valence-corrected chi connectivity index (χ3v) is 3.69. The third-order valence-electron chi connectivity index (χ3n) is 3.69. The van der Waals surface area contributed by atoms with Gasteiger partial charge in [-0.25, -0.2) is 4.79 Å². The van der Waals surface area contributed by atoms with E-state index in [2.05, 4.69) is 5.32 Å². The maximum Gasteiger partial charge on any atom is 0.326 e. The average molecular weight is 338 g/mol. The molecule has 2 aromatic carbocycles. The van der Waals surface area contributed by atoms with Crippen LogP contribution in [-0.2, 0) is 20.7 Å². The molecule has 0 saturated heterocycles. The summed E-state index contributed by atoms with van der Waals surface area (Å²) in [5, 5.41) is 20.8. The number of benzene rings is 2. The molecule has 0 fully saturated rings. The van der Waals surface area contributed by atoms with Gasteiger partial charge in [0.15, 0.2) is 6.10 Å². The van der Waals surface area contributed by atoms with Crippen molar-refractivity contribution in [3.05, 3.63) is 71.3 Å². The summed E-state index contributed by atoms with van der Waals surface area (Å²) < 4.78 is 5.22. The molecule has 0 spiro atoms. The molecular weight excluding hydrogens is 320 g/mol. The van der Waals surface area contributed by atoms with E-state index < -0.39 is 24.0 Å². The largest absolute Gasteiger partial charge is 0.480 e. The van der Waals surface area contributed by atoms with E-state index in [9.17, 15) is 14.7 Å². The zero-order chi connectivity index (χ0) is 18.2. The molecule has 2 rings (SSSR count). The molecule has 0 unspecified atom stereocenters. The van der Waals surface area contributed by atoms with E-state index in [1.807, 2.05) is 12.1 Å². The zero-order valence-electron chi connectivity index (χ0n) is 13.7.